The van der Waals surface area contributed by atoms with E-state index in [0.717, 1.165) is 11.1 Å². The highest BCUT2D eigenvalue weighted by Gasteiger charge is 2.28. The van der Waals surface area contributed by atoms with Gasteiger partial charge in [-0.25, -0.2) is 4.79 Å². The Morgan fingerprint density at radius 2 is 1.68 bits per heavy atom. The summed E-state index contributed by atoms with van der Waals surface area (Å²) in [6, 6.07) is 7.02. The number of hydrogen-bond acceptors (Lipinski definition) is 3. The number of nitrogens with one attached hydrogen (secondary N) is 1. The third-order valence-corrected chi connectivity index (χ3v) is 4.92. The first-order chi connectivity index (χ1) is 13.1. The Bertz CT molecular complexity index is 881. The summed E-state index contributed by atoms with van der Waals surface area (Å²) in [7, 11) is 0. The average molecular weight is 424 g/mol. The van der Waals surface area contributed by atoms with E-state index in [1.807, 2.05) is 26.8 Å². The van der Waals surface area contributed by atoms with Gasteiger partial charge in [0.25, 0.3) is 5.91 Å². The maximum absolute atomic E-state index is 12.8. The number of ether oxygens (including phenoxy) is 1. The lowest BCUT2D eigenvalue weighted by Crippen LogP contribution is -2.51. The summed E-state index contributed by atoms with van der Waals surface area (Å²) in [5, 5.41) is 1.08. The highest BCUT2D eigenvalue weighted by Crippen LogP contribution is 2.31. The summed E-state index contributed by atoms with van der Waals surface area (Å²) < 4.78 is 5.38. The first-order valence-electron chi connectivity index (χ1n) is 9.05. The summed E-state index contributed by atoms with van der Waals surface area (Å²) in [5.41, 5.74) is 1.56. The van der Waals surface area contributed by atoms with Gasteiger partial charge in [-0.3, -0.25) is 4.79 Å². The van der Waals surface area contributed by atoms with Gasteiger partial charge in [-0.2, -0.15) is 0 Å². The first-order valence-corrected chi connectivity index (χ1v) is 9.81. The third-order valence-electron chi connectivity index (χ3n) is 4.37. The van der Waals surface area contributed by atoms with Crippen LogP contribution in [0.1, 0.15) is 31.3 Å². The van der Waals surface area contributed by atoms with E-state index < -0.39 is 5.60 Å². The summed E-state index contributed by atoms with van der Waals surface area (Å²) in [6.07, 6.45) is 1.40. The lowest BCUT2D eigenvalue weighted by molar-refractivity contribution is 0.0140. The predicted octanol–water partition coefficient (Wildman–Crippen LogP) is 4.68. The summed E-state index contributed by atoms with van der Waals surface area (Å²) in [4.78, 5) is 31.3. The van der Waals surface area contributed by atoms with Crippen LogP contribution in [0.3, 0.4) is 0 Å². The van der Waals surface area contributed by atoms with E-state index in [1.165, 1.54) is 0 Å². The molecule has 0 unspecified atom stereocenters. The minimum atomic E-state index is -0.534. The number of piperazine rings is 1. The molecular formula is C20H23Cl2N3O3. The van der Waals surface area contributed by atoms with E-state index in [9.17, 15) is 9.59 Å². The first kappa shape index (κ1) is 20.6. The third kappa shape index (κ3) is 4.80. The number of H-pyrrole nitrogens is 1. The monoisotopic (exact) mass is 423 g/mol. The van der Waals surface area contributed by atoms with Crippen LogP contribution in [0.25, 0.3) is 11.1 Å². The number of aromatic amines is 1. The van der Waals surface area contributed by atoms with Crippen LogP contribution < -0.4 is 0 Å². The molecule has 0 radical (unpaired) electrons. The van der Waals surface area contributed by atoms with Crippen molar-refractivity contribution in [3.63, 3.8) is 0 Å². The SMILES string of the molecule is CC(C)(C)OC(=O)N1CCN(C(=O)c2cc(-c3ccc(Cl)cc3Cl)c[nH]2)CC1. The molecule has 1 N–H and O–H groups in total. The number of hydrogen-bond donors (Lipinski definition) is 1. The van der Waals surface area contributed by atoms with E-state index in [4.69, 9.17) is 27.9 Å². The van der Waals surface area contributed by atoms with Crippen molar-refractivity contribution >= 4 is 35.2 Å². The Morgan fingerprint density at radius 3 is 2.29 bits per heavy atom. The van der Waals surface area contributed by atoms with Gasteiger partial charge in [0.15, 0.2) is 0 Å². The molecule has 1 saturated heterocycles. The quantitative estimate of drug-likeness (QED) is 0.761. The maximum atomic E-state index is 12.8. The molecule has 28 heavy (non-hydrogen) atoms. The van der Waals surface area contributed by atoms with Crippen molar-refractivity contribution in [3.05, 3.63) is 46.2 Å². The largest absolute Gasteiger partial charge is 0.444 e. The zero-order chi connectivity index (χ0) is 20.5. The van der Waals surface area contributed by atoms with Crippen molar-refractivity contribution in [2.24, 2.45) is 0 Å². The molecular weight excluding hydrogens is 401 g/mol. The summed E-state index contributed by atoms with van der Waals surface area (Å²) >= 11 is 12.2. The van der Waals surface area contributed by atoms with Gasteiger partial charge in [0, 0.05) is 53.5 Å². The zero-order valence-electron chi connectivity index (χ0n) is 16.1. The molecule has 0 bridgehead atoms. The van der Waals surface area contributed by atoms with E-state index in [0.29, 0.717) is 41.9 Å². The van der Waals surface area contributed by atoms with E-state index in [-0.39, 0.29) is 12.0 Å². The lowest BCUT2D eigenvalue weighted by Gasteiger charge is -2.35. The maximum Gasteiger partial charge on any atom is 0.410 e. The molecule has 6 nitrogen and oxygen atoms in total. The Kier molecular flexibility index (Phi) is 5.91. The van der Waals surface area contributed by atoms with Gasteiger partial charge in [0.1, 0.15) is 11.3 Å². The van der Waals surface area contributed by atoms with Crippen molar-refractivity contribution in [3.8, 4) is 11.1 Å². The highest BCUT2D eigenvalue weighted by molar-refractivity contribution is 6.36. The van der Waals surface area contributed by atoms with Gasteiger partial charge < -0.3 is 19.5 Å². The lowest BCUT2D eigenvalue weighted by atomic mass is 10.1. The van der Waals surface area contributed by atoms with Crippen LogP contribution in [-0.2, 0) is 4.74 Å². The number of carbonyl (C=O) groups excluding carboxylic acids is 2. The molecule has 1 aliphatic heterocycles. The fraction of sp³-hybridized carbons (Fsp3) is 0.400. The molecule has 1 fully saturated rings. The summed E-state index contributed by atoms with van der Waals surface area (Å²) in [6.45, 7) is 7.29. The molecule has 0 saturated carbocycles. The molecule has 2 aromatic rings. The zero-order valence-corrected chi connectivity index (χ0v) is 17.6. The molecule has 8 heteroatoms. The summed E-state index contributed by atoms with van der Waals surface area (Å²) in [5.74, 6) is -0.111. The van der Waals surface area contributed by atoms with Gasteiger partial charge in [-0.1, -0.05) is 29.3 Å². The van der Waals surface area contributed by atoms with Crippen molar-refractivity contribution in [2.45, 2.75) is 26.4 Å². The van der Waals surface area contributed by atoms with Crippen LogP contribution >= 0.6 is 23.2 Å². The molecule has 2 amide bonds. The minimum Gasteiger partial charge on any atom is -0.444 e. The Morgan fingerprint density at radius 1 is 1.04 bits per heavy atom. The van der Waals surface area contributed by atoms with Crippen LogP contribution in [-0.4, -0.2) is 58.6 Å². The number of rotatable bonds is 2. The molecule has 150 valence electrons. The second kappa shape index (κ2) is 8.05. The number of halogens is 2. The number of carbonyl (C=O) groups is 2. The topological polar surface area (TPSA) is 65.6 Å². The van der Waals surface area contributed by atoms with Gasteiger partial charge >= 0.3 is 6.09 Å². The smallest absolute Gasteiger partial charge is 0.410 e. The van der Waals surface area contributed by atoms with E-state index in [2.05, 4.69) is 4.98 Å². The Balaban J connectivity index is 1.63. The predicted molar refractivity (Wildman–Crippen MR) is 110 cm³/mol. The van der Waals surface area contributed by atoms with Crippen molar-refractivity contribution in [1.82, 2.24) is 14.8 Å². The molecule has 1 aliphatic rings. The molecule has 2 heterocycles. The Hall–Kier alpha value is -2.18. The number of amides is 2. The van der Waals surface area contributed by atoms with Gasteiger partial charge in [0.05, 0.1) is 0 Å². The molecule has 1 aromatic carbocycles. The second-order valence-electron chi connectivity index (χ2n) is 7.69. The number of aromatic nitrogens is 1. The Labute approximate surface area is 174 Å². The van der Waals surface area contributed by atoms with Crippen molar-refractivity contribution < 1.29 is 14.3 Å². The minimum absolute atomic E-state index is 0.111. The standard InChI is InChI=1S/C20H23Cl2N3O3/c1-20(2,3)28-19(27)25-8-6-24(7-9-25)18(26)17-10-13(12-23-17)15-5-4-14(21)11-16(15)22/h4-5,10-12,23H,6-9H2,1-3H3. The van der Waals surface area contributed by atoms with Crippen molar-refractivity contribution in [2.75, 3.05) is 26.2 Å². The van der Waals surface area contributed by atoms with E-state index >= 15 is 0 Å². The molecule has 0 aliphatic carbocycles. The molecule has 1 aromatic heterocycles. The fourth-order valence-corrected chi connectivity index (χ4v) is 3.50. The molecule has 0 atom stereocenters. The normalized spacial score (nSPS) is 14.9. The van der Waals surface area contributed by atoms with Gasteiger partial charge in [-0.15, -0.1) is 0 Å². The fourth-order valence-electron chi connectivity index (χ4n) is 2.99. The number of benzene rings is 1. The molecule has 3 rings (SSSR count). The highest BCUT2D eigenvalue weighted by atomic mass is 35.5. The van der Waals surface area contributed by atoms with Gasteiger partial charge in [-0.05, 0) is 39.0 Å². The molecule has 0 spiro atoms. The van der Waals surface area contributed by atoms with Gasteiger partial charge in [0.2, 0.25) is 0 Å². The number of nitrogens with zero attached hydrogens (tertiary/aromatic N) is 2. The van der Waals surface area contributed by atoms with Crippen LogP contribution in [0.15, 0.2) is 30.5 Å². The van der Waals surface area contributed by atoms with Crippen LogP contribution in [0.2, 0.25) is 10.0 Å². The van der Waals surface area contributed by atoms with E-state index in [1.54, 1.807) is 34.2 Å². The van der Waals surface area contributed by atoms with Crippen molar-refractivity contribution in [1.29, 1.82) is 0 Å². The van der Waals surface area contributed by atoms with Crippen LogP contribution in [0.5, 0.6) is 0 Å². The van der Waals surface area contributed by atoms with Crippen LogP contribution in [0.4, 0.5) is 4.79 Å². The second-order valence-corrected chi connectivity index (χ2v) is 8.53. The van der Waals surface area contributed by atoms with Crippen LogP contribution in [0, 0.1) is 0 Å². The average Bonchev–Trinajstić information content (AvgIpc) is 3.09.